The number of hydrogen-bond donors (Lipinski definition) is 0. The summed E-state index contributed by atoms with van der Waals surface area (Å²) in [4.78, 5) is 0. The Bertz CT molecular complexity index is 1140. The molecule has 0 radical (unpaired) electrons. The van der Waals surface area contributed by atoms with Gasteiger partial charge in [-0.25, -0.2) is 8.78 Å². The van der Waals surface area contributed by atoms with E-state index in [2.05, 4.69) is 11.7 Å². The molecule has 176 valence electrons. The number of unbranched alkanes of at least 4 members (excludes halogenated alkanes) is 3. The van der Waals surface area contributed by atoms with Crippen LogP contribution in [0.15, 0.2) is 42.5 Å². The maximum atomic E-state index is 15.4. The molecule has 1 aliphatic carbocycles. The second-order valence-corrected chi connectivity index (χ2v) is 8.84. The molecule has 0 aromatic heterocycles. The highest BCUT2D eigenvalue weighted by molar-refractivity contribution is 5.84. The van der Waals surface area contributed by atoms with Crippen molar-refractivity contribution in [2.45, 2.75) is 70.6 Å². The summed E-state index contributed by atoms with van der Waals surface area (Å²) in [6.07, 6.45) is 1.80. The minimum atomic E-state index is -4.95. The molecule has 6 heteroatoms. The van der Waals surface area contributed by atoms with Crippen molar-refractivity contribution in [3.63, 3.8) is 0 Å². The summed E-state index contributed by atoms with van der Waals surface area (Å²) in [5.41, 5.74) is 2.59. The summed E-state index contributed by atoms with van der Waals surface area (Å²) in [6, 6.07) is 12.0. The van der Waals surface area contributed by atoms with E-state index in [0.717, 1.165) is 24.3 Å². The number of alkyl halides is 3. The van der Waals surface area contributed by atoms with E-state index in [1.54, 1.807) is 6.07 Å². The standard InChI is InChI=1S/C27H27F5O/c1-2-3-4-5-6-17-7-11-21-18(15-17)8-12-22(25(21)28)19-9-13-23-20(16-19)10-14-24(26(23)29)33-27(30,31)32/h7-8,10-12,14-15,19H,2-6,9,13,16H2,1H3. The lowest BCUT2D eigenvalue weighted by molar-refractivity contribution is -0.275. The van der Waals surface area contributed by atoms with E-state index in [4.69, 9.17) is 0 Å². The van der Waals surface area contributed by atoms with Crippen LogP contribution in [0.25, 0.3) is 10.8 Å². The number of benzene rings is 3. The molecule has 0 amide bonds. The zero-order chi connectivity index (χ0) is 23.6. The number of fused-ring (bicyclic) bond motifs is 2. The Balaban J connectivity index is 1.54. The first-order valence-corrected chi connectivity index (χ1v) is 11.5. The highest BCUT2D eigenvalue weighted by atomic mass is 19.4. The monoisotopic (exact) mass is 462 g/mol. The van der Waals surface area contributed by atoms with Crippen molar-refractivity contribution in [2.75, 3.05) is 0 Å². The number of aryl methyl sites for hydroxylation is 1. The van der Waals surface area contributed by atoms with Gasteiger partial charge in [0.15, 0.2) is 11.6 Å². The Morgan fingerprint density at radius 1 is 0.939 bits per heavy atom. The molecule has 0 spiro atoms. The van der Waals surface area contributed by atoms with Crippen molar-refractivity contribution in [1.29, 1.82) is 0 Å². The van der Waals surface area contributed by atoms with Gasteiger partial charge in [-0.15, -0.1) is 13.2 Å². The van der Waals surface area contributed by atoms with Crippen LogP contribution in [-0.4, -0.2) is 6.36 Å². The van der Waals surface area contributed by atoms with E-state index in [0.29, 0.717) is 29.4 Å². The van der Waals surface area contributed by atoms with E-state index >= 15 is 4.39 Å². The molecule has 33 heavy (non-hydrogen) atoms. The Morgan fingerprint density at radius 3 is 2.52 bits per heavy atom. The lowest BCUT2D eigenvalue weighted by atomic mass is 9.79. The van der Waals surface area contributed by atoms with Crippen LogP contribution in [0.1, 0.15) is 67.2 Å². The molecule has 4 rings (SSSR count). The average molecular weight is 463 g/mol. The number of rotatable bonds is 7. The number of hydrogen-bond acceptors (Lipinski definition) is 1. The predicted octanol–water partition coefficient (Wildman–Crippen LogP) is 8.41. The maximum absolute atomic E-state index is 15.4. The summed E-state index contributed by atoms with van der Waals surface area (Å²) in [5.74, 6) is -2.23. The van der Waals surface area contributed by atoms with Crippen LogP contribution in [0, 0.1) is 11.6 Å². The van der Waals surface area contributed by atoms with Gasteiger partial charge in [-0.1, -0.05) is 62.6 Å². The highest BCUT2D eigenvalue weighted by Crippen LogP contribution is 2.39. The van der Waals surface area contributed by atoms with Crippen LogP contribution < -0.4 is 4.74 Å². The van der Waals surface area contributed by atoms with Crippen molar-refractivity contribution >= 4 is 10.8 Å². The van der Waals surface area contributed by atoms with Crippen LogP contribution >= 0.6 is 0 Å². The molecule has 1 atom stereocenters. The van der Waals surface area contributed by atoms with Crippen molar-refractivity contribution in [3.05, 3.63) is 76.4 Å². The molecule has 0 N–H and O–H groups in total. The fourth-order valence-corrected chi connectivity index (χ4v) is 4.84. The molecule has 1 unspecified atom stereocenters. The molecule has 0 fully saturated rings. The molecular formula is C27H27F5O. The van der Waals surface area contributed by atoms with Crippen LogP contribution in [0.5, 0.6) is 5.75 Å². The molecule has 0 heterocycles. The average Bonchev–Trinajstić information content (AvgIpc) is 2.78. The van der Waals surface area contributed by atoms with Gasteiger partial charge in [-0.3, -0.25) is 0 Å². The number of ether oxygens (including phenoxy) is 1. The third kappa shape index (κ3) is 5.31. The number of halogens is 5. The Hall–Kier alpha value is -2.63. The van der Waals surface area contributed by atoms with E-state index in [1.807, 2.05) is 24.3 Å². The summed E-state index contributed by atoms with van der Waals surface area (Å²) in [5, 5.41) is 1.43. The van der Waals surface area contributed by atoms with E-state index in [-0.39, 0.29) is 23.7 Å². The topological polar surface area (TPSA) is 9.23 Å². The van der Waals surface area contributed by atoms with Crippen molar-refractivity contribution in [3.8, 4) is 5.75 Å². The summed E-state index contributed by atoms with van der Waals surface area (Å²) >= 11 is 0. The molecule has 0 saturated heterocycles. The Labute approximate surface area is 190 Å². The van der Waals surface area contributed by atoms with Crippen molar-refractivity contribution in [1.82, 2.24) is 0 Å². The second-order valence-electron chi connectivity index (χ2n) is 8.84. The van der Waals surface area contributed by atoms with Gasteiger partial charge in [0.25, 0.3) is 0 Å². The zero-order valence-corrected chi connectivity index (χ0v) is 18.6. The van der Waals surface area contributed by atoms with Gasteiger partial charge in [0.2, 0.25) is 0 Å². The van der Waals surface area contributed by atoms with E-state index in [1.165, 1.54) is 30.9 Å². The van der Waals surface area contributed by atoms with Gasteiger partial charge >= 0.3 is 6.36 Å². The molecule has 0 aliphatic heterocycles. The zero-order valence-electron chi connectivity index (χ0n) is 18.6. The van der Waals surface area contributed by atoms with Gasteiger partial charge in [-0.2, -0.15) is 0 Å². The quantitative estimate of drug-likeness (QED) is 0.253. The largest absolute Gasteiger partial charge is 0.573 e. The van der Waals surface area contributed by atoms with Gasteiger partial charge < -0.3 is 4.74 Å². The van der Waals surface area contributed by atoms with Crippen LogP contribution in [0.3, 0.4) is 0 Å². The Kier molecular flexibility index (Phi) is 6.91. The smallest absolute Gasteiger partial charge is 0.403 e. The lowest BCUT2D eigenvalue weighted by Crippen LogP contribution is -2.20. The van der Waals surface area contributed by atoms with Crippen LogP contribution in [0.4, 0.5) is 22.0 Å². The Morgan fingerprint density at radius 2 is 1.76 bits per heavy atom. The minimum Gasteiger partial charge on any atom is -0.403 e. The maximum Gasteiger partial charge on any atom is 0.573 e. The van der Waals surface area contributed by atoms with E-state index in [9.17, 15) is 17.6 Å². The van der Waals surface area contributed by atoms with Gasteiger partial charge in [0.1, 0.15) is 5.82 Å². The molecule has 0 saturated carbocycles. The van der Waals surface area contributed by atoms with Gasteiger partial charge in [0.05, 0.1) is 0 Å². The molecule has 1 nitrogen and oxygen atoms in total. The van der Waals surface area contributed by atoms with Crippen LogP contribution in [-0.2, 0) is 19.3 Å². The van der Waals surface area contributed by atoms with Gasteiger partial charge in [-0.05, 0) is 71.7 Å². The highest BCUT2D eigenvalue weighted by Gasteiger charge is 2.34. The molecule has 0 bridgehead atoms. The van der Waals surface area contributed by atoms with Gasteiger partial charge in [0, 0.05) is 5.39 Å². The lowest BCUT2D eigenvalue weighted by Gasteiger charge is -2.27. The van der Waals surface area contributed by atoms with E-state index < -0.39 is 17.9 Å². The fraction of sp³-hybridized carbons (Fsp3) is 0.407. The molecule has 1 aliphatic rings. The first-order valence-electron chi connectivity index (χ1n) is 11.5. The minimum absolute atomic E-state index is 0.163. The summed E-state index contributed by atoms with van der Waals surface area (Å²) in [7, 11) is 0. The third-order valence-corrected chi connectivity index (χ3v) is 6.55. The summed E-state index contributed by atoms with van der Waals surface area (Å²) in [6.45, 7) is 2.18. The fourth-order valence-electron chi connectivity index (χ4n) is 4.84. The summed E-state index contributed by atoms with van der Waals surface area (Å²) < 4.78 is 71.3. The van der Waals surface area contributed by atoms with Crippen LogP contribution in [0.2, 0.25) is 0 Å². The first-order chi connectivity index (χ1) is 15.8. The molecule has 3 aromatic rings. The SMILES string of the molecule is CCCCCCc1ccc2c(F)c(C3CCc4c(ccc(OC(F)(F)F)c4F)C3)ccc2c1. The van der Waals surface area contributed by atoms with Crippen molar-refractivity contribution < 1.29 is 26.7 Å². The first kappa shape index (κ1) is 23.5. The van der Waals surface area contributed by atoms with Crippen molar-refractivity contribution in [2.24, 2.45) is 0 Å². The molecule has 3 aromatic carbocycles. The predicted molar refractivity (Wildman–Crippen MR) is 120 cm³/mol. The normalized spacial score (nSPS) is 16.1. The molecular weight excluding hydrogens is 435 g/mol. The second kappa shape index (κ2) is 9.70. The third-order valence-electron chi connectivity index (χ3n) is 6.55.